The van der Waals surface area contributed by atoms with Gasteiger partial charge in [-0.25, -0.2) is 4.98 Å². The first kappa shape index (κ1) is 18.6. The number of fused-ring (bicyclic) bond motifs is 3. The molecular formula is C20H29N4O2S+. The predicted molar refractivity (Wildman–Crippen MR) is 107 cm³/mol. The first-order valence-corrected chi connectivity index (χ1v) is 10.9. The summed E-state index contributed by atoms with van der Waals surface area (Å²) in [4.78, 5) is 35.7. The summed E-state index contributed by atoms with van der Waals surface area (Å²) in [6.45, 7) is 3.12. The van der Waals surface area contributed by atoms with E-state index in [-0.39, 0.29) is 11.5 Å². The van der Waals surface area contributed by atoms with Crippen LogP contribution in [-0.4, -0.2) is 47.5 Å². The summed E-state index contributed by atoms with van der Waals surface area (Å²) in [5, 5.41) is 0.794. The van der Waals surface area contributed by atoms with Crippen molar-refractivity contribution in [1.29, 1.82) is 0 Å². The van der Waals surface area contributed by atoms with Crippen molar-refractivity contribution >= 4 is 27.5 Å². The second-order valence-electron chi connectivity index (χ2n) is 8.23. The molecule has 2 aromatic rings. The summed E-state index contributed by atoms with van der Waals surface area (Å²) >= 11 is 1.59. The lowest BCUT2D eigenvalue weighted by atomic mass is 10.0. The Morgan fingerprint density at radius 1 is 1.33 bits per heavy atom. The van der Waals surface area contributed by atoms with Crippen LogP contribution in [0.3, 0.4) is 0 Å². The van der Waals surface area contributed by atoms with Gasteiger partial charge in [0.2, 0.25) is 5.91 Å². The van der Waals surface area contributed by atoms with Crippen molar-refractivity contribution in [3.63, 3.8) is 0 Å². The maximum atomic E-state index is 13.0. The fraction of sp³-hybridized carbons (Fsp3) is 0.650. The lowest BCUT2D eigenvalue weighted by molar-refractivity contribution is -0.858. The highest BCUT2D eigenvalue weighted by Gasteiger charge is 2.31. The molecule has 1 fully saturated rings. The molecule has 1 saturated carbocycles. The van der Waals surface area contributed by atoms with Crippen LogP contribution in [0.2, 0.25) is 0 Å². The molecule has 0 spiro atoms. The van der Waals surface area contributed by atoms with Crippen molar-refractivity contribution in [1.82, 2.24) is 14.5 Å². The molecule has 7 heteroatoms. The molecule has 1 amide bonds. The predicted octanol–water partition coefficient (Wildman–Crippen LogP) is 1.07. The van der Waals surface area contributed by atoms with E-state index in [1.165, 1.54) is 17.7 Å². The van der Waals surface area contributed by atoms with Gasteiger partial charge in [-0.15, -0.1) is 11.3 Å². The smallest absolute Gasteiger partial charge is 0.262 e. The average Bonchev–Trinajstić information content (AvgIpc) is 3.29. The fourth-order valence-corrected chi connectivity index (χ4v) is 5.59. The van der Waals surface area contributed by atoms with Crippen LogP contribution in [0.25, 0.3) is 10.2 Å². The third-order valence-corrected chi connectivity index (χ3v) is 7.04. The molecule has 146 valence electrons. The van der Waals surface area contributed by atoms with E-state index >= 15 is 0 Å². The molecule has 1 N–H and O–H groups in total. The highest BCUT2D eigenvalue weighted by atomic mass is 32.1. The van der Waals surface area contributed by atoms with Crippen LogP contribution >= 0.6 is 11.3 Å². The number of carbonyl (C=O) groups excluding carboxylic acids is 1. The van der Waals surface area contributed by atoms with Gasteiger partial charge in [-0.05, 0) is 24.8 Å². The second-order valence-corrected chi connectivity index (χ2v) is 9.31. The molecule has 27 heavy (non-hydrogen) atoms. The van der Waals surface area contributed by atoms with E-state index in [1.807, 2.05) is 4.90 Å². The van der Waals surface area contributed by atoms with Crippen LogP contribution in [0.4, 0.5) is 0 Å². The zero-order valence-corrected chi connectivity index (χ0v) is 17.1. The van der Waals surface area contributed by atoms with Crippen LogP contribution in [0.1, 0.15) is 42.5 Å². The van der Waals surface area contributed by atoms with Crippen molar-refractivity contribution in [2.24, 2.45) is 5.92 Å². The maximum absolute atomic E-state index is 13.0. The molecule has 6 nitrogen and oxygen atoms in total. The van der Waals surface area contributed by atoms with Crippen molar-refractivity contribution in [2.45, 2.75) is 51.6 Å². The molecule has 0 atom stereocenters. The van der Waals surface area contributed by atoms with Crippen LogP contribution < -0.4 is 10.5 Å². The Morgan fingerprint density at radius 3 is 2.85 bits per heavy atom. The largest absolute Gasteiger partial charge is 0.340 e. The summed E-state index contributed by atoms with van der Waals surface area (Å²) in [6.07, 6.45) is 7.86. The van der Waals surface area contributed by atoms with E-state index in [2.05, 4.69) is 19.1 Å². The Bertz CT molecular complexity index is 895. The SMILES string of the molecule is C[NH+](C)CCCn1cnc2sc3c(c2c1=O)CCN(C(=O)C1CCCC1)C3. The lowest BCUT2D eigenvalue weighted by Crippen LogP contribution is -3.05. The van der Waals surface area contributed by atoms with E-state index in [0.717, 1.165) is 59.4 Å². The zero-order valence-electron chi connectivity index (χ0n) is 16.3. The van der Waals surface area contributed by atoms with E-state index in [9.17, 15) is 9.59 Å². The molecule has 1 aliphatic heterocycles. The van der Waals surface area contributed by atoms with Crippen molar-refractivity contribution < 1.29 is 9.69 Å². The molecule has 0 unspecified atom stereocenters. The first-order chi connectivity index (χ1) is 13.0. The van der Waals surface area contributed by atoms with E-state index in [1.54, 1.807) is 22.2 Å². The molecule has 4 rings (SSSR count). The average molecular weight is 390 g/mol. The van der Waals surface area contributed by atoms with Gasteiger partial charge in [-0.3, -0.25) is 14.2 Å². The highest BCUT2D eigenvalue weighted by molar-refractivity contribution is 7.18. The van der Waals surface area contributed by atoms with Gasteiger partial charge < -0.3 is 9.80 Å². The Kier molecular flexibility index (Phi) is 5.32. The van der Waals surface area contributed by atoms with E-state index < -0.39 is 0 Å². The van der Waals surface area contributed by atoms with E-state index in [4.69, 9.17) is 0 Å². The van der Waals surface area contributed by atoms with Crippen molar-refractivity contribution in [3.05, 3.63) is 27.1 Å². The number of quaternary nitrogens is 1. The quantitative estimate of drug-likeness (QED) is 0.832. The first-order valence-electron chi connectivity index (χ1n) is 10.1. The topological polar surface area (TPSA) is 59.6 Å². The van der Waals surface area contributed by atoms with Crippen molar-refractivity contribution in [2.75, 3.05) is 27.2 Å². The number of hydrogen-bond acceptors (Lipinski definition) is 4. The molecule has 2 aliphatic rings. The van der Waals surface area contributed by atoms with E-state index in [0.29, 0.717) is 19.0 Å². The fourth-order valence-electron chi connectivity index (χ4n) is 4.40. The van der Waals surface area contributed by atoms with Crippen LogP contribution in [0.15, 0.2) is 11.1 Å². The number of aromatic nitrogens is 2. The monoisotopic (exact) mass is 389 g/mol. The van der Waals surface area contributed by atoms with Gasteiger partial charge in [0.1, 0.15) is 4.83 Å². The number of amides is 1. The Balaban J connectivity index is 1.56. The standard InChI is InChI=1S/C20H28N4O2S/c1-22(2)9-5-10-24-13-21-18-17(20(24)26)15-8-11-23(12-16(15)27-18)19(25)14-6-3-4-7-14/h13-14H,3-12H2,1-2H3/p+1. The highest BCUT2D eigenvalue weighted by Crippen LogP contribution is 2.34. The van der Waals surface area contributed by atoms with Gasteiger partial charge in [0.25, 0.3) is 5.56 Å². The summed E-state index contributed by atoms with van der Waals surface area (Å²) < 4.78 is 1.76. The number of aryl methyl sites for hydroxylation is 1. The number of hydrogen-bond donors (Lipinski definition) is 1. The summed E-state index contributed by atoms with van der Waals surface area (Å²) in [6, 6.07) is 0. The summed E-state index contributed by atoms with van der Waals surface area (Å²) in [5.74, 6) is 0.530. The van der Waals surface area contributed by atoms with Crippen LogP contribution in [0.5, 0.6) is 0 Å². The van der Waals surface area contributed by atoms with Gasteiger partial charge in [-0.2, -0.15) is 0 Å². The third-order valence-electron chi connectivity index (χ3n) is 5.92. The van der Waals surface area contributed by atoms with Gasteiger partial charge in [0, 0.05) is 30.3 Å². The number of nitrogens with zero attached hydrogens (tertiary/aromatic N) is 3. The number of carbonyl (C=O) groups is 1. The Morgan fingerprint density at radius 2 is 2.11 bits per heavy atom. The number of thiophene rings is 1. The number of rotatable bonds is 5. The molecule has 2 aromatic heterocycles. The normalized spacial score (nSPS) is 17.8. The van der Waals surface area contributed by atoms with Crippen molar-refractivity contribution in [3.8, 4) is 0 Å². The number of nitrogens with one attached hydrogen (secondary N) is 1. The minimum atomic E-state index is 0.0850. The van der Waals surface area contributed by atoms with Gasteiger partial charge >= 0.3 is 0 Å². The third kappa shape index (κ3) is 3.67. The maximum Gasteiger partial charge on any atom is 0.262 e. The molecule has 3 heterocycles. The molecule has 0 aromatic carbocycles. The van der Waals surface area contributed by atoms with Gasteiger partial charge in [-0.1, -0.05) is 12.8 Å². The Hall–Kier alpha value is -1.73. The Labute approximate surface area is 163 Å². The minimum Gasteiger partial charge on any atom is -0.340 e. The molecule has 1 aliphatic carbocycles. The minimum absolute atomic E-state index is 0.0850. The van der Waals surface area contributed by atoms with Gasteiger partial charge in [0.15, 0.2) is 0 Å². The lowest BCUT2D eigenvalue weighted by Gasteiger charge is -2.29. The summed E-state index contributed by atoms with van der Waals surface area (Å²) in [7, 11) is 4.25. The molecule has 0 saturated heterocycles. The van der Waals surface area contributed by atoms with Gasteiger partial charge in [0.05, 0.1) is 38.9 Å². The summed E-state index contributed by atoms with van der Waals surface area (Å²) in [5.41, 5.74) is 1.22. The van der Waals surface area contributed by atoms with Crippen LogP contribution in [0, 0.1) is 5.92 Å². The molecular weight excluding hydrogens is 360 g/mol. The molecule has 0 bridgehead atoms. The molecule has 0 radical (unpaired) electrons. The second kappa shape index (κ2) is 7.72. The van der Waals surface area contributed by atoms with Crippen LogP contribution in [-0.2, 0) is 24.3 Å². The zero-order chi connectivity index (χ0) is 19.0.